The summed E-state index contributed by atoms with van der Waals surface area (Å²) in [5, 5.41) is 0. The molecule has 1 aromatic heterocycles. The first kappa shape index (κ1) is 8.86. The number of nitrogen functional groups attached to an aromatic ring is 1. The molecule has 1 heterocycles. The monoisotopic (exact) mass is 202 g/mol. The summed E-state index contributed by atoms with van der Waals surface area (Å²) in [6.45, 7) is 0. The number of benzene rings is 1. The van der Waals surface area contributed by atoms with Crippen molar-refractivity contribution in [2.75, 3.05) is 5.73 Å². The Morgan fingerprint density at radius 3 is 2.64 bits per heavy atom. The van der Waals surface area contributed by atoms with Crippen LogP contribution in [0.3, 0.4) is 0 Å². The van der Waals surface area contributed by atoms with Crippen molar-refractivity contribution in [1.29, 1.82) is 0 Å². The van der Waals surface area contributed by atoms with Crippen molar-refractivity contribution in [3.8, 4) is 0 Å². The number of hydrogen-bond donors (Lipinski definition) is 1. The quantitative estimate of drug-likeness (QED) is 0.667. The van der Waals surface area contributed by atoms with Gasteiger partial charge < -0.3 is 10.2 Å². The number of nitrogens with zero attached hydrogens (tertiary/aromatic N) is 1. The van der Waals surface area contributed by atoms with E-state index in [0.29, 0.717) is 5.69 Å². The SMILES string of the molecule is Nc1ccc2oc(C(F)(F)F)nc2c1. The van der Waals surface area contributed by atoms with Crippen molar-refractivity contribution in [3.05, 3.63) is 24.1 Å². The Balaban J connectivity index is 2.63. The fraction of sp³-hybridized carbons (Fsp3) is 0.125. The van der Waals surface area contributed by atoms with E-state index in [2.05, 4.69) is 9.40 Å². The van der Waals surface area contributed by atoms with Crippen LogP contribution in [0.15, 0.2) is 22.6 Å². The first-order valence-corrected chi connectivity index (χ1v) is 3.70. The van der Waals surface area contributed by atoms with Gasteiger partial charge in [0.1, 0.15) is 5.52 Å². The van der Waals surface area contributed by atoms with Gasteiger partial charge in [0.2, 0.25) is 0 Å². The summed E-state index contributed by atoms with van der Waals surface area (Å²) in [6.07, 6.45) is -4.56. The molecule has 0 aliphatic rings. The molecule has 0 radical (unpaired) electrons. The molecule has 0 amide bonds. The van der Waals surface area contributed by atoms with Crippen LogP contribution in [-0.4, -0.2) is 4.98 Å². The van der Waals surface area contributed by atoms with E-state index in [-0.39, 0.29) is 11.1 Å². The number of nitrogens with two attached hydrogens (primary N) is 1. The Morgan fingerprint density at radius 2 is 2.00 bits per heavy atom. The number of fused-ring (bicyclic) bond motifs is 1. The number of hydrogen-bond acceptors (Lipinski definition) is 3. The predicted molar refractivity (Wildman–Crippen MR) is 43.4 cm³/mol. The minimum Gasteiger partial charge on any atom is -0.433 e. The van der Waals surface area contributed by atoms with Gasteiger partial charge in [-0.3, -0.25) is 0 Å². The third-order valence-corrected chi connectivity index (χ3v) is 1.65. The minimum atomic E-state index is -4.56. The molecule has 2 aromatic rings. The van der Waals surface area contributed by atoms with Gasteiger partial charge in [0.25, 0.3) is 0 Å². The molecule has 0 fully saturated rings. The number of oxazole rings is 1. The fourth-order valence-electron chi connectivity index (χ4n) is 1.07. The van der Waals surface area contributed by atoms with Crippen molar-refractivity contribution >= 4 is 16.8 Å². The summed E-state index contributed by atoms with van der Waals surface area (Å²) in [5.41, 5.74) is 5.91. The van der Waals surface area contributed by atoms with E-state index < -0.39 is 12.1 Å². The zero-order valence-electron chi connectivity index (χ0n) is 6.80. The molecule has 2 rings (SSSR count). The van der Waals surface area contributed by atoms with Crippen molar-refractivity contribution in [2.45, 2.75) is 6.18 Å². The third-order valence-electron chi connectivity index (χ3n) is 1.65. The Kier molecular flexibility index (Phi) is 1.67. The van der Waals surface area contributed by atoms with Gasteiger partial charge in [-0.2, -0.15) is 13.2 Å². The van der Waals surface area contributed by atoms with E-state index in [0.717, 1.165) is 0 Å². The lowest BCUT2D eigenvalue weighted by Crippen LogP contribution is -2.04. The fourth-order valence-corrected chi connectivity index (χ4v) is 1.07. The lowest BCUT2D eigenvalue weighted by Gasteiger charge is -1.96. The molecule has 6 heteroatoms. The maximum absolute atomic E-state index is 12.1. The summed E-state index contributed by atoms with van der Waals surface area (Å²) >= 11 is 0. The van der Waals surface area contributed by atoms with Gasteiger partial charge in [0.05, 0.1) is 0 Å². The molecule has 74 valence electrons. The lowest BCUT2D eigenvalue weighted by molar-refractivity contribution is -0.156. The van der Waals surface area contributed by atoms with Crippen LogP contribution in [-0.2, 0) is 6.18 Å². The molecule has 2 N–H and O–H groups in total. The van der Waals surface area contributed by atoms with Gasteiger partial charge in [-0.05, 0) is 18.2 Å². The summed E-state index contributed by atoms with van der Waals surface area (Å²) in [5.74, 6) is -1.25. The number of halogens is 3. The van der Waals surface area contributed by atoms with Crippen LogP contribution < -0.4 is 5.73 Å². The zero-order valence-corrected chi connectivity index (χ0v) is 6.80. The van der Waals surface area contributed by atoms with Crippen LogP contribution in [0.4, 0.5) is 18.9 Å². The topological polar surface area (TPSA) is 52.0 Å². The molecule has 0 spiro atoms. The highest BCUT2D eigenvalue weighted by Crippen LogP contribution is 2.31. The lowest BCUT2D eigenvalue weighted by atomic mass is 10.3. The predicted octanol–water partition coefficient (Wildman–Crippen LogP) is 2.43. The average Bonchev–Trinajstić information content (AvgIpc) is 2.45. The maximum atomic E-state index is 12.1. The zero-order chi connectivity index (χ0) is 10.3. The molecule has 0 unspecified atom stereocenters. The van der Waals surface area contributed by atoms with Crippen LogP contribution in [0.2, 0.25) is 0 Å². The number of anilines is 1. The second-order valence-electron chi connectivity index (χ2n) is 2.74. The van der Waals surface area contributed by atoms with Crippen molar-refractivity contribution in [2.24, 2.45) is 0 Å². The van der Waals surface area contributed by atoms with E-state index in [9.17, 15) is 13.2 Å². The molecule has 0 saturated heterocycles. The van der Waals surface area contributed by atoms with Gasteiger partial charge in [-0.25, -0.2) is 4.98 Å². The van der Waals surface area contributed by atoms with E-state index in [1.54, 1.807) is 0 Å². The summed E-state index contributed by atoms with van der Waals surface area (Å²) in [6, 6.07) is 4.13. The van der Waals surface area contributed by atoms with Crippen molar-refractivity contribution in [1.82, 2.24) is 4.98 Å². The Labute approximate surface area is 76.3 Å². The van der Waals surface area contributed by atoms with E-state index in [4.69, 9.17) is 5.73 Å². The highest BCUT2D eigenvalue weighted by molar-refractivity contribution is 5.76. The standard InChI is InChI=1S/C8H5F3N2O/c9-8(10,11)7-13-5-3-4(12)1-2-6(5)14-7/h1-3H,12H2. The molecule has 3 nitrogen and oxygen atoms in total. The van der Waals surface area contributed by atoms with Gasteiger partial charge in [-0.15, -0.1) is 0 Å². The average molecular weight is 202 g/mol. The highest BCUT2D eigenvalue weighted by atomic mass is 19.4. The van der Waals surface area contributed by atoms with Crippen molar-refractivity contribution < 1.29 is 17.6 Å². The summed E-state index contributed by atoms with van der Waals surface area (Å²) < 4.78 is 40.9. The van der Waals surface area contributed by atoms with Crippen LogP contribution in [0.25, 0.3) is 11.1 Å². The highest BCUT2D eigenvalue weighted by Gasteiger charge is 2.37. The molecule has 14 heavy (non-hydrogen) atoms. The molecule has 0 atom stereocenters. The molecule has 0 aliphatic carbocycles. The molecular formula is C8H5F3N2O. The molecule has 0 aliphatic heterocycles. The minimum absolute atomic E-state index is 0.0755. The first-order valence-electron chi connectivity index (χ1n) is 3.70. The van der Waals surface area contributed by atoms with Gasteiger partial charge in [0.15, 0.2) is 5.58 Å². The Morgan fingerprint density at radius 1 is 1.29 bits per heavy atom. The molecular weight excluding hydrogens is 197 g/mol. The molecule has 0 bridgehead atoms. The van der Waals surface area contributed by atoms with Crippen LogP contribution in [0.1, 0.15) is 5.89 Å². The molecule has 0 saturated carbocycles. The van der Waals surface area contributed by atoms with E-state index in [1.165, 1.54) is 18.2 Å². The number of alkyl halides is 3. The normalized spacial score (nSPS) is 12.2. The second kappa shape index (κ2) is 2.63. The summed E-state index contributed by atoms with van der Waals surface area (Å²) in [7, 11) is 0. The largest absolute Gasteiger partial charge is 0.468 e. The van der Waals surface area contributed by atoms with Crippen LogP contribution in [0, 0.1) is 0 Å². The first-order chi connectivity index (χ1) is 6.47. The van der Waals surface area contributed by atoms with Crippen molar-refractivity contribution in [3.63, 3.8) is 0 Å². The maximum Gasteiger partial charge on any atom is 0.468 e. The van der Waals surface area contributed by atoms with E-state index in [1.807, 2.05) is 0 Å². The number of aromatic nitrogens is 1. The summed E-state index contributed by atoms with van der Waals surface area (Å²) in [4.78, 5) is 3.27. The Hall–Kier alpha value is -1.72. The van der Waals surface area contributed by atoms with Crippen LogP contribution >= 0.6 is 0 Å². The third kappa shape index (κ3) is 1.39. The van der Waals surface area contributed by atoms with Gasteiger partial charge in [0, 0.05) is 5.69 Å². The second-order valence-corrected chi connectivity index (χ2v) is 2.74. The van der Waals surface area contributed by atoms with Gasteiger partial charge >= 0.3 is 12.1 Å². The van der Waals surface area contributed by atoms with Gasteiger partial charge in [-0.1, -0.05) is 0 Å². The van der Waals surface area contributed by atoms with E-state index >= 15 is 0 Å². The Bertz CT molecular complexity index is 475. The smallest absolute Gasteiger partial charge is 0.433 e. The molecule has 1 aromatic carbocycles. The van der Waals surface area contributed by atoms with Crippen LogP contribution in [0.5, 0.6) is 0 Å². The number of rotatable bonds is 0.